The molecule has 0 aliphatic carbocycles. The Morgan fingerprint density at radius 1 is 1.33 bits per heavy atom. The topological polar surface area (TPSA) is 22.1 Å². The Balaban J connectivity index is 3.41. The van der Waals surface area contributed by atoms with Gasteiger partial charge in [0.2, 0.25) is 5.88 Å². The third-order valence-electron chi connectivity index (χ3n) is 1.66. The van der Waals surface area contributed by atoms with Crippen LogP contribution >= 0.6 is 0 Å². The van der Waals surface area contributed by atoms with Gasteiger partial charge < -0.3 is 4.74 Å². The van der Waals surface area contributed by atoms with Crippen molar-refractivity contribution in [1.29, 1.82) is 0 Å². The molecule has 7 heteroatoms. The van der Waals surface area contributed by atoms with E-state index in [1.54, 1.807) is 0 Å². The van der Waals surface area contributed by atoms with Crippen molar-refractivity contribution in [3.05, 3.63) is 23.4 Å². The minimum Gasteiger partial charge on any atom is -0.481 e. The van der Waals surface area contributed by atoms with Gasteiger partial charge in [-0.05, 0) is 6.07 Å². The molecule has 1 aromatic rings. The van der Waals surface area contributed by atoms with E-state index in [2.05, 4.69) is 9.72 Å². The standard InChI is InChI=1S/C8H6F5NO/c1-15-7-5(8(11,12)13)4(6(9)10)2-3-14-7/h2-3,6H,1H3. The summed E-state index contributed by atoms with van der Waals surface area (Å²) in [5.74, 6) is -0.847. The summed E-state index contributed by atoms with van der Waals surface area (Å²) >= 11 is 0. The zero-order valence-corrected chi connectivity index (χ0v) is 7.48. The van der Waals surface area contributed by atoms with E-state index < -0.39 is 29.6 Å². The molecule has 84 valence electrons. The third kappa shape index (κ3) is 2.34. The molecule has 0 aliphatic rings. The molecule has 1 heterocycles. The first-order chi connectivity index (χ1) is 6.88. The van der Waals surface area contributed by atoms with Gasteiger partial charge in [0, 0.05) is 11.8 Å². The first-order valence-corrected chi connectivity index (χ1v) is 3.76. The average molecular weight is 227 g/mol. The summed E-state index contributed by atoms with van der Waals surface area (Å²) in [6.07, 6.45) is -7.29. The van der Waals surface area contributed by atoms with Gasteiger partial charge in [-0.3, -0.25) is 0 Å². The van der Waals surface area contributed by atoms with Gasteiger partial charge in [0.25, 0.3) is 6.43 Å². The molecule has 15 heavy (non-hydrogen) atoms. The van der Waals surface area contributed by atoms with Crippen molar-refractivity contribution in [2.45, 2.75) is 12.6 Å². The van der Waals surface area contributed by atoms with Crippen molar-refractivity contribution in [2.24, 2.45) is 0 Å². The molecular formula is C8H6F5NO. The van der Waals surface area contributed by atoms with E-state index in [-0.39, 0.29) is 0 Å². The maximum absolute atomic E-state index is 12.4. The zero-order valence-electron chi connectivity index (χ0n) is 7.48. The normalized spacial score (nSPS) is 11.9. The maximum atomic E-state index is 12.4. The molecule has 0 unspecified atom stereocenters. The highest BCUT2D eigenvalue weighted by Gasteiger charge is 2.40. The zero-order chi connectivity index (χ0) is 11.6. The summed E-state index contributed by atoms with van der Waals surface area (Å²) in [5, 5.41) is 0. The Morgan fingerprint density at radius 2 is 1.93 bits per heavy atom. The molecule has 0 bridgehead atoms. The van der Waals surface area contributed by atoms with E-state index in [0.717, 1.165) is 13.3 Å². The Bertz CT molecular complexity index is 349. The van der Waals surface area contributed by atoms with Crippen LogP contribution in [0.2, 0.25) is 0 Å². The minimum absolute atomic E-state index is 0.621. The Kier molecular flexibility index (Phi) is 3.11. The number of nitrogens with zero attached hydrogens (tertiary/aromatic N) is 1. The predicted molar refractivity (Wildman–Crippen MR) is 40.7 cm³/mol. The highest BCUT2D eigenvalue weighted by Crippen LogP contribution is 2.40. The quantitative estimate of drug-likeness (QED) is 0.724. The van der Waals surface area contributed by atoms with Crippen LogP contribution in [0.3, 0.4) is 0 Å². The van der Waals surface area contributed by atoms with Gasteiger partial charge in [0.1, 0.15) is 5.56 Å². The molecule has 0 N–H and O–H groups in total. The lowest BCUT2D eigenvalue weighted by atomic mass is 10.1. The fraction of sp³-hybridized carbons (Fsp3) is 0.375. The van der Waals surface area contributed by atoms with Gasteiger partial charge in [0.15, 0.2) is 0 Å². The molecular weight excluding hydrogens is 221 g/mol. The maximum Gasteiger partial charge on any atom is 0.422 e. The van der Waals surface area contributed by atoms with Gasteiger partial charge >= 0.3 is 6.18 Å². The van der Waals surface area contributed by atoms with Gasteiger partial charge in [0.05, 0.1) is 7.11 Å². The molecule has 2 nitrogen and oxygen atoms in total. The smallest absolute Gasteiger partial charge is 0.422 e. The SMILES string of the molecule is COc1nccc(C(F)F)c1C(F)(F)F. The van der Waals surface area contributed by atoms with Crippen LogP contribution in [0.25, 0.3) is 0 Å². The van der Waals surface area contributed by atoms with Gasteiger partial charge in [-0.25, -0.2) is 13.8 Å². The van der Waals surface area contributed by atoms with Crippen LogP contribution in [0.4, 0.5) is 22.0 Å². The number of alkyl halides is 5. The van der Waals surface area contributed by atoms with E-state index in [1.807, 2.05) is 0 Å². The van der Waals surface area contributed by atoms with Crippen molar-refractivity contribution >= 4 is 0 Å². The Hall–Kier alpha value is -1.40. The monoisotopic (exact) mass is 227 g/mol. The van der Waals surface area contributed by atoms with Crippen LogP contribution in [0.5, 0.6) is 5.88 Å². The number of rotatable bonds is 2. The average Bonchev–Trinajstić information content (AvgIpc) is 2.15. The van der Waals surface area contributed by atoms with Crippen LogP contribution in [-0.4, -0.2) is 12.1 Å². The van der Waals surface area contributed by atoms with Crippen LogP contribution in [0.15, 0.2) is 12.3 Å². The number of hydrogen-bond acceptors (Lipinski definition) is 2. The molecule has 0 saturated carbocycles. The summed E-state index contributed by atoms with van der Waals surface area (Å²) in [5.41, 5.74) is -2.66. The number of hydrogen-bond donors (Lipinski definition) is 0. The van der Waals surface area contributed by atoms with Crippen LogP contribution in [0.1, 0.15) is 17.6 Å². The summed E-state index contributed by atoms with van der Waals surface area (Å²) in [6, 6.07) is 0.621. The molecule has 0 atom stereocenters. The van der Waals surface area contributed by atoms with Crippen LogP contribution in [-0.2, 0) is 6.18 Å². The Labute approximate surface area is 81.7 Å². The summed E-state index contributed by atoms with van der Waals surface area (Å²) in [6.45, 7) is 0. The number of pyridine rings is 1. The predicted octanol–water partition coefficient (Wildman–Crippen LogP) is 3.05. The van der Waals surface area contributed by atoms with Gasteiger partial charge in [-0.1, -0.05) is 0 Å². The molecule has 1 aromatic heterocycles. The summed E-state index contributed by atoms with van der Waals surface area (Å²) < 4.78 is 66.1. The lowest BCUT2D eigenvalue weighted by Crippen LogP contribution is -2.12. The first-order valence-electron chi connectivity index (χ1n) is 3.76. The van der Waals surface area contributed by atoms with Crippen LogP contribution < -0.4 is 4.74 Å². The number of methoxy groups -OCH3 is 1. The number of ether oxygens (including phenoxy) is 1. The minimum atomic E-state index is -4.91. The number of halogens is 5. The lowest BCUT2D eigenvalue weighted by molar-refractivity contribution is -0.141. The fourth-order valence-corrected chi connectivity index (χ4v) is 1.08. The second-order valence-electron chi connectivity index (χ2n) is 2.58. The molecule has 0 fully saturated rings. The summed E-state index contributed by atoms with van der Waals surface area (Å²) in [4.78, 5) is 3.23. The molecule has 0 aliphatic heterocycles. The highest BCUT2D eigenvalue weighted by atomic mass is 19.4. The third-order valence-corrected chi connectivity index (χ3v) is 1.66. The molecule has 0 amide bonds. The second kappa shape index (κ2) is 4.00. The van der Waals surface area contributed by atoms with Crippen LogP contribution in [0, 0.1) is 0 Å². The first kappa shape index (κ1) is 11.7. The van der Waals surface area contributed by atoms with Crippen molar-refractivity contribution in [1.82, 2.24) is 4.98 Å². The van der Waals surface area contributed by atoms with Crippen molar-refractivity contribution in [2.75, 3.05) is 7.11 Å². The molecule has 0 radical (unpaired) electrons. The van der Waals surface area contributed by atoms with E-state index >= 15 is 0 Å². The molecule has 1 rings (SSSR count). The molecule has 0 spiro atoms. The second-order valence-corrected chi connectivity index (χ2v) is 2.58. The molecule has 0 saturated heterocycles. The Morgan fingerprint density at radius 3 is 2.33 bits per heavy atom. The lowest BCUT2D eigenvalue weighted by Gasteiger charge is -2.14. The van der Waals surface area contributed by atoms with Crippen molar-refractivity contribution in [3.8, 4) is 5.88 Å². The largest absolute Gasteiger partial charge is 0.481 e. The summed E-state index contributed by atoms with van der Waals surface area (Å²) in [7, 11) is 0.937. The number of aromatic nitrogens is 1. The van der Waals surface area contributed by atoms with E-state index in [9.17, 15) is 22.0 Å². The fourth-order valence-electron chi connectivity index (χ4n) is 1.08. The van der Waals surface area contributed by atoms with Crippen molar-refractivity contribution < 1.29 is 26.7 Å². The van der Waals surface area contributed by atoms with Gasteiger partial charge in [-0.15, -0.1) is 0 Å². The van der Waals surface area contributed by atoms with E-state index in [1.165, 1.54) is 0 Å². The van der Waals surface area contributed by atoms with Gasteiger partial charge in [-0.2, -0.15) is 13.2 Å². The van der Waals surface area contributed by atoms with E-state index in [4.69, 9.17) is 0 Å². The van der Waals surface area contributed by atoms with Crippen molar-refractivity contribution in [3.63, 3.8) is 0 Å². The van der Waals surface area contributed by atoms with E-state index in [0.29, 0.717) is 6.07 Å². The highest BCUT2D eigenvalue weighted by molar-refractivity contribution is 5.37. The molecule has 0 aromatic carbocycles.